The van der Waals surface area contributed by atoms with E-state index in [0.29, 0.717) is 23.4 Å². The maximum Gasteiger partial charge on any atom is 0.224 e. The minimum atomic E-state index is -3.29. The number of amides is 1. The second kappa shape index (κ2) is 7.49. The van der Waals surface area contributed by atoms with E-state index in [9.17, 15) is 13.2 Å². The van der Waals surface area contributed by atoms with Crippen LogP contribution in [0.25, 0.3) is 0 Å². The van der Waals surface area contributed by atoms with Crippen molar-refractivity contribution < 1.29 is 13.2 Å². The molecular formula is C18H21NO3S2. The molecule has 1 aliphatic rings. The number of rotatable bonds is 6. The molecule has 0 spiro atoms. The third-order valence-corrected chi connectivity index (χ3v) is 7.56. The zero-order valence-electron chi connectivity index (χ0n) is 13.4. The van der Waals surface area contributed by atoms with E-state index in [1.165, 1.54) is 4.88 Å². The number of carbonyl (C=O) groups is 1. The molecule has 0 atom stereocenters. The Kier molecular flexibility index (Phi) is 5.36. The van der Waals surface area contributed by atoms with Crippen LogP contribution < -0.4 is 5.32 Å². The highest BCUT2D eigenvalue weighted by Gasteiger charge is 2.30. The van der Waals surface area contributed by atoms with Gasteiger partial charge in [0.1, 0.15) is 0 Å². The number of anilines is 1. The van der Waals surface area contributed by atoms with Crippen LogP contribution >= 0.6 is 11.3 Å². The second-order valence-corrected chi connectivity index (χ2v) is 9.37. The van der Waals surface area contributed by atoms with E-state index < -0.39 is 9.84 Å². The molecule has 3 rings (SSSR count). The molecule has 0 radical (unpaired) electrons. The largest absolute Gasteiger partial charge is 0.326 e. The molecule has 2 aromatic rings. The van der Waals surface area contributed by atoms with Gasteiger partial charge in [-0.3, -0.25) is 4.79 Å². The van der Waals surface area contributed by atoms with Gasteiger partial charge in [0.05, 0.1) is 10.1 Å². The molecule has 0 saturated heterocycles. The van der Waals surface area contributed by atoms with Gasteiger partial charge in [-0.2, -0.15) is 0 Å². The van der Waals surface area contributed by atoms with Crippen molar-refractivity contribution in [3.8, 4) is 0 Å². The van der Waals surface area contributed by atoms with Gasteiger partial charge in [-0.05, 0) is 48.9 Å². The minimum Gasteiger partial charge on any atom is -0.326 e. The molecule has 1 fully saturated rings. The number of aryl methyl sites for hydroxylation is 1. The van der Waals surface area contributed by atoms with Crippen LogP contribution in [0.4, 0.5) is 5.69 Å². The zero-order valence-corrected chi connectivity index (χ0v) is 15.0. The van der Waals surface area contributed by atoms with Crippen LogP contribution in [0.5, 0.6) is 0 Å². The summed E-state index contributed by atoms with van der Waals surface area (Å²) < 4.78 is 25.3. The van der Waals surface area contributed by atoms with E-state index in [4.69, 9.17) is 0 Å². The molecule has 128 valence electrons. The third-order valence-electron chi connectivity index (χ3n) is 4.37. The molecule has 6 heteroatoms. The van der Waals surface area contributed by atoms with Gasteiger partial charge < -0.3 is 5.32 Å². The lowest BCUT2D eigenvalue weighted by molar-refractivity contribution is -0.116. The van der Waals surface area contributed by atoms with Gasteiger partial charge in [0.2, 0.25) is 5.91 Å². The average Bonchev–Trinajstić information content (AvgIpc) is 3.27. The predicted octanol–water partition coefficient (Wildman–Crippen LogP) is 4.04. The molecular weight excluding hydrogens is 342 g/mol. The van der Waals surface area contributed by atoms with Crippen molar-refractivity contribution in [2.45, 2.75) is 48.7 Å². The Morgan fingerprint density at radius 2 is 1.96 bits per heavy atom. The molecule has 0 unspecified atom stereocenters. The van der Waals surface area contributed by atoms with Crippen molar-refractivity contribution in [1.29, 1.82) is 0 Å². The number of carbonyl (C=O) groups excluding carboxylic acids is 1. The van der Waals surface area contributed by atoms with Crippen LogP contribution in [0.2, 0.25) is 0 Å². The lowest BCUT2D eigenvalue weighted by atomic mass is 10.2. The van der Waals surface area contributed by atoms with Crippen LogP contribution in [0.3, 0.4) is 0 Å². The number of hydrogen-bond donors (Lipinski definition) is 1. The van der Waals surface area contributed by atoms with Crippen LogP contribution in [0.1, 0.15) is 37.0 Å². The second-order valence-electron chi connectivity index (χ2n) is 6.11. The Morgan fingerprint density at radius 3 is 2.67 bits per heavy atom. The van der Waals surface area contributed by atoms with Crippen molar-refractivity contribution in [2.75, 3.05) is 5.32 Å². The van der Waals surface area contributed by atoms with Gasteiger partial charge in [-0.1, -0.05) is 25.0 Å². The Hall–Kier alpha value is -1.66. The summed E-state index contributed by atoms with van der Waals surface area (Å²) in [5, 5.41) is 4.52. The highest BCUT2D eigenvalue weighted by Crippen LogP contribution is 2.30. The smallest absolute Gasteiger partial charge is 0.224 e. The van der Waals surface area contributed by atoms with E-state index in [0.717, 1.165) is 25.7 Å². The van der Waals surface area contributed by atoms with Gasteiger partial charge in [0.15, 0.2) is 9.84 Å². The summed E-state index contributed by atoms with van der Waals surface area (Å²) in [5.74, 6) is -0.0983. The molecule has 0 aliphatic heterocycles. The summed E-state index contributed by atoms with van der Waals surface area (Å²) in [7, 11) is -3.29. The van der Waals surface area contributed by atoms with Gasteiger partial charge >= 0.3 is 0 Å². The first kappa shape index (κ1) is 17.2. The first-order valence-electron chi connectivity index (χ1n) is 8.22. The van der Waals surface area contributed by atoms with E-state index in [1.54, 1.807) is 35.6 Å². The summed E-state index contributed by atoms with van der Waals surface area (Å²) in [5.41, 5.74) is 0.547. The zero-order chi connectivity index (χ0) is 17.0. The maximum absolute atomic E-state index is 12.6. The Morgan fingerprint density at radius 1 is 1.17 bits per heavy atom. The topological polar surface area (TPSA) is 63.2 Å². The fraction of sp³-hybridized carbons (Fsp3) is 0.389. The van der Waals surface area contributed by atoms with Gasteiger partial charge in [0, 0.05) is 17.0 Å². The van der Waals surface area contributed by atoms with Gasteiger partial charge in [-0.15, -0.1) is 11.3 Å². The maximum atomic E-state index is 12.6. The summed E-state index contributed by atoms with van der Waals surface area (Å²) in [4.78, 5) is 13.5. The quantitative estimate of drug-likeness (QED) is 0.842. The molecule has 1 aromatic carbocycles. The third kappa shape index (κ3) is 4.05. The van der Waals surface area contributed by atoms with E-state index in [-0.39, 0.29) is 11.2 Å². The molecule has 1 aliphatic carbocycles. The first-order chi connectivity index (χ1) is 11.6. The molecule has 1 N–H and O–H groups in total. The summed E-state index contributed by atoms with van der Waals surface area (Å²) in [6.07, 6.45) is 4.51. The SMILES string of the molecule is O=C(CCc1cccs1)Nc1cccc(S(=O)(=O)C2CCCC2)c1. The van der Waals surface area contributed by atoms with Gasteiger partial charge in [0.25, 0.3) is 0 Å². The van der Waals surface area contributed by atoms with Crippen LogP contribution in [0.15, 0.2) is 46.7 Å². The highest BCUT2D eigenvalue weighted by molar-refractivity contribution is 7.92. The van der Waals surface area contributed by atoms with E-state index >= 15 is 0 Å². The lowest BCUT2D eigenvalue weighted by Crippen LogP contribution is -2.18. The molecule has 24 heavy (non-hydrogen) atoms. The molecule has 1 heterocycles. The monoisotopic (exact) mass is 363 g/mol. The molecule has 1 saturated carbocycles. The summed E-state index contributed by atoms with van der Waals surface area (Å²) in [6.45, 7) is 0. The Balaban J connectivity index is 1.65. The fourth-order valence-electron chi connectivity index (χ4n) is 3.06. The number of hydrogen-bond acceptors (Lipinski definition) is 4. The van der Waals surface area contributed by atoms with Crippen LogP contribution in [0, 0.1) is 0 Å². The molecule has 4 nitrogen and oxygen atoms in total. The predicted molar refractivity (Wildman–Crippen MR) is 97.2 cm³/mol. The van der Waals surface area contributed by atoms with Crippen LogP contribution in [-0.4, -0.2) is 19.6 Å². The normalized spacial score (nSPS) is 15.5. The minimum absolute atomic E-state index is 0.0983. The molecule has 0 bridgehead atoms. The number of thiophene rings is 1. The van der Waals surface area contributed by atoms with Crippen molar-refractivity contribution in [3.05, 3.63) is 46.7 Å². The molecule has 1 aromatic heterocycles. The summed E-state index contributed by atoms with van der Waals surface area (Å²) in [6, 6.07) is 10.6. The van der Waals surface area contributed by atoms with E-state index in [1.807, 2.05) is 17.5 Å². The Bertz CT molecular complexity index is 791. The first-order valence-corrected chi connectivity index (χ1v) is 10.6. The standard InChI is InChI=1S/C18H21NO3S2/c20-18(11-10-15-6-4-12-23-15)19-14-5-3-9-17(13-14)24(21,22)16-7-1-2-8-16/h3-6,9,12-13,16H,1-2,7-8,10-11H2,(H,19,20). The number of sulfone groups is 1. The summed E-state index contributed by atoms with van der Waals surface area (Å²) >= 11 is 1.63. The van der Waals surface area contributed by atoms with E-state index in [2.05, 4.69) is 5.32 Å². The average molecular weight is 364 g/mol. The van der Waals surface area contributed by atoms with Crippen molar-refractivity contribution >= 4 is 32.8 Å². The number of benzene rings is 1. The number of nitrogens with one attached hydrogen (secondary N) is 1. The van der Waals surface area contributed by atoms with Gasteiger partial charge in [-0.25, -0.2) is 8.42 Å². The molecule has 1 amide bonds. The Labute approximate surface area is 146 Å². The van der Waals surface area contributed by atoms with Crippen LogP contribution in [-0.2, 0) is 21.1 Å². The lowest BCUT2D eigenvalue weighted by Gasteiger charge is -2.12. The van der Waals surface area contributed by atoms with Crippen molar-refractivity contribution in [1.82, 2.24) is 0 Å². The van der Waals surface area contributed by atoms with Crippen molar-refractivity contribution in [2.24, 2.45) is 0 Å². The van der Waals surface area contributed by atoms with Crippen molar-refractivity contribution in [3.63, 3.8) is 0 Å². The highest BCUT2D eigenvalue weighted by atomic mass is 32.2. The fourth-order valence-corrected chi connectivity index (χ4v) is 5.66.